The minimum Gasteiger partial charge on any atom is -0.0622 e. The van der Waals surface area contributed by atoms with Gasteiger partial charge in [0.15, 0.2) is 0 Å². The molecule has 62 heavy (non-hydrogen) atoms. The molecule has 12 rings (SSSR count). The fraction of sp³-hybridized carbons (Fsp3) is 0.0968. The maximum atomic E-state index is 2.52. The van der Waals surface area contributed by atoms with Gasteiger partial charge in [-0.2, -0.15) is 0 Å². The zero-order valence-corrected chi connectivity index (χ0v) is 35.6. The van der Waals surface area contributed by atoms with E-state index in [2.05, 4.69) is 234 Å². The van der Waals surface area contributed by atoms with E-state index >= 15 is 0 Å². The van der Waals surface area contributed by atoms with Crippen LogP contribution in [-0.4, -0.2) is 0 Å². The second-order valence-electron chi connectivity index (χ2n) is 18.4. The Balaban J connectivity index is 1.07. The van der Waals surface area contributed by atoms with Crippen LogP contribution < -0.4 is 0 Å². The molecule has 0 N–H and O–H groups in total. The van der Waals surface area contributed by atoms with Crippen LogP contribution in [0.1, 0.15) is 49.9 Å². The molecule has 2 aliphatic rings. The molecule has 0 aromatic heterocycles. The Kier molecular flexibility index (Phi) is 8.03. The van der Waals surface area contributed by atoms with Gasteiger partial charge < -0.3 is 0 Å². The van der Waals surface area contributed by atoms with E-state index in [1.165, 1.54) is 122 Å². The molecule has 0 aliphatic heterocycles. The van der Waals surface area contributed by atoms with Crippen molar-refractivity contribution in [1.29, 1.82) is 0 Å². The summed E-state index contributed by atoms with van der Waals surface area (Å²) in [5, 5.41) is 5.09. The summed E-state index contributed by atoms with van der Waals surface area (Å²) in [6.45, 7) is 9.58. The van der Waals surface area contributed by atoms with Crippen molar-refractivity contribution < 1.29 is 0 Å². The summed E-state index contributed by atoms with van der Waals surface area (Å²) in [5.41, 5.74) is 23.2. The van der Waals surface area contributed by atoms with Gasteiger partial charge in [0.2, 0.25) is 0 Å². The lowest BCUT2D eigenvalue weighted by atomic mass is 9.78. The quantitative estimate of drug-likeness (QED) is 0.152. The van der Waals surface area contributed by atoms with Crippen LogP contribution in [0.3, 0.4) is 0 Å². The predicted molar refractivity (Wildman–Crippen MR) is 264 cm³/mol. The molecule has 0 bridgehead atoms. The average Bonchev–Trinajstić information content (AvgIpc) is 3.69. The third-order valence-corrected chi connectivity index (χ3v) is 14.3. The van der Waals surface area contributed by atoms with Crippen molar-refractivity contribution in [1.82, 2.24) is 0 Å². The first-order chi connectivity index (χ1) is 30.3. The molecule has 0 atom stereocenters. The summed E-state index contributed by atoms with van der Waals surface area (Å²) in [7, 11) is 0. The zero-order chi connectivity index (χ0) is 41.7. The number of hydrogen-bond donors (Lipinski definition) is 0. The van der Waals surface area contributed by atoms with Crippen LogP contribution in [0.15, 0.2) is 206 Å². The fourth-order valence-electron chi connectivity index (χ4n) is 11.2. The molecule has 0 heteroatoms. The molecule has 0 saturated heterocycles. The monoisotopic (exact) mass is 790 g/mol. The largest absolute Gasteiger partial charge is 0.0622 e. The third kappa shape index (κ3) is 5.33. The molecule has 10 aromatic rings. The Morgan fingerprint density at radius 2 is 0.613 bits per heavy atom. The summed E-state index contributed by atoms with van der Waals surface area (Å²) in [6, 6.07) is 77.3. The van der Waals surface area contributed by atoms with Crippen molar-refractivity contribution in [2.45, 2.75) is 38.5 Å². The first kappa shape index (κ1) is 36.6. The molecule has 294 valence electrons. The van der Waals surface area contributed by atoms with E-state index in [-0.39, 0.29) is 10.8 Å². The summed E-state index contributed by atoms with van der Waals surface area (Å²) in [6.07, 6.45) is 0. The van der Waals surface area contributed by atoms with Crippen molar-refractivity contribution >= 4 is 21.5 Å². The third-order valence-electron chi connectivity index (χ3n) is 14.3. The highest BCUT2D eigenvalue weighted by Crippen LogP contribution is 2.55. The van der Waals surface area contributed by atoms with Crippen LogP contribution in [0, 0.1) is 0 Å². The number of hydrogen-bond acceptors (Lipinski definition) is 0. The maximum absolute atomic E-state index is 2.52. The summed E-state index contributed by atoms with van der Waals surface area (Å²) < 4.78 is 0. The van der Waals surface area contributed by atoms with Gasteiger partial charge in [0.25, 0.3) is 0 Å². The lowest BCUT2D eigenvalue weighted by molar-refractivity contribution is 0.659. The van der Waals surface area contributed by atoms with Gasteiger partial charge in [0, 0.05) is 10.8 Å². The van der Waals surface area contributed by atoms with Gasteiger partial charge in [0.05, 0.1) is 0 Å². The van der Waals surface area contributed by atoms with Gasteiger partial charge >= 0.3 is 0 Å². The number of rotatable bonds is 5. The maximum Gasteiger partial charge on any atom is 0.0159 e. The van der Waals surface area contributed by atoms with E-state index in [1.54, 1.807) is 0 Å². The molecular weight excluding hydrogens is 745 g/mol. The molecule has 0 fully saturated rings. The molecule has 10 aromatic carbocycles. The van der Waals surface area contributed by atoms with Crippen LogP contribution >= 0.6 is 0 Å². The predicted octanol–water partition coefficient (Wildman–Crippen LogP) is 16.9. The van der Waals surface area contributed by atoms with Gasteiger partial charge in [-0.05, 0) is 140 Å². The van der Waals surface area contributed by atoms with E-state index in [0.717, 1.165) is 0 Å². The Hall–Kier alpha value is -7.28. The lowest BCUT2D eigenvalue weighted by Crippen LogP contribution is -2.15. The molecule has 0 heterocycles. The van der Waals surface area contributed by atoms with Crippen LogP contribution in [0.25, 0.3) is 99.4 Å². The van der Waals surface area contributed by atoms with Crippen molar-refractivity contribution in [3.8, 4) is 77.9 Å². The molecule has 0 unspecified atom stereocenters. The Morgan fingerprint density at radius 1 is 0.242 bits per heavy atom. The smallest absolute Gasteiger partial charge is 0.0159 e. The van der Waals surface area contributed by atoms with Gasteiger partial charge in [-0.3, -0.25) is 0 Å². The Labute approximate surface area is 364 Å². The van der Waals surface area contributed by atoms with Gasteiger partial charge in [0.1, 0.15) is 0 Å². The van der Waals surface area contributed by atoms with E-state index in [9.17, 15) is 0 Å². The van der Waals surface area contributed by atoms with Crippen molar-refractivity contribution in [3.63, 3.8) is 0 Å². The molecule has 0 nitrogen and oxygen atoms in total. The van der Waals surface area contributed by atoms with Crippen molar-refractivity contribution in [2.75, 3.05) is 0 Å². The van der Waals surface area contributed by atoms with Crippen LogP contribution in [0.5, 0.6) is 0 Å². The van der Waals surface area contributed by atoms with Crippen molar-refractivity contribution in [2.24, 2.45) is 0 Å². The molecule has 0 radical (unpaired) electrons. The molecule has 0 saturated carbocycles. The SMILES string of the molecule is CC1(C)c2ccccc2-c2ccc(-c3ccc4c(c3)C(C)(C)c3cc(-c5c6cccc(-c7ccccc7)c6c(-c6ccccc6)c6c(-c7ccccc7)cccc56)ccc3-4)cc21. The highest BCUT2D eigenvalue weighted by molar-refractivity contribution is 6.27. The second-order valence-corrected chi connectivity index (χ2v) is 18.4. The van der Waals surface area contributed by atoms with Crippen LogP contribution in [0.4, 0.5) is 0 Å². The van der Waals surface area contributed by atoms with Gasteiger partial charge in [-0.1, -0.05) is 216 Å². The van der Waals surface area contributed by atoms with Gasteiger partial charge in [-0.25, -0.2) is 0 Å². The first-order valence-electron chi connectivity index (χ1n) is 22.0. The lowest BCUT2D eigenvalue weighted by Gasteiger charge is -2.25. The van der Waals surface area contributed by atoms with Crippen LogP contribution in [-0.2, 0) is 10.8 Å². The normalized spacial score (nSPS) is 14.1. The highest BCUT2D eigenvalue weighted by atomic mass is 14.4. The fourth-order valence-corrected chi connectivity index (χ4v) is 11.2. The van der Waals surface area contributed by atoms with Gasteiger partial charge in [-0.15, -0.1) is 0 Å². The number of fused-ring (bicyclic) bond motifs is 8. The summed E-state index contributed by atoms with van der Waals surface area (Å²) in [5.74, 6) is 0. The Morgan fingerprint density at radius 3 is 1.11 bits per heavy atom. The Bertz CT molecular complexity index is 3320. The van der Waals surface area contributed by atoms with Crippen molar-refractivity contribution in [3.05, 3.63) is 229 Å². The molecule has 2 aliphatic carbocycles. The topological polar surface area (TPSA) is 0 Å². The minimum absolute atomic E-state index is 0.0397. The van der Waals surface area contributed by atoms with Crippen LogP contribution in [0.2, 0.25) is 0 Å². The van der Waals surface area contributed by atoms with E-state index in [4.69, 9.17) is 0 Å². The first-order valence-corrected chi connectivity index (χ1v) is 22.0. The average molecular weight is 791 g/mol. The van der Waals surface area contributed by atoms with E-state index < -0.39 is 0 Å². The summed E-state index contributed by atoms with van der Waals surface area (Å²) >= 11 is 0. The highest BCUT2D eigenvalue weighted by Gasteiger charge is 2.38. The minimum atomic E-state index is -0.205. The second kappa shape index (κ2) is 13.6. The number of benzene rings is 10. The standard InChI is InChI=1S/C62H46/c1-61(2)53-29-15-14-24-47(53)48-33-30-42(36-54(48)61)43-31-34-49-50-35-32-44(38-56(50)62(3,4)55(49)37-43)57-51-27-16-25-45(39-18-8-5-9-19-39)59(51)58(41-22-12-7-13-23-41)60-46(26-17-28-52(57)60)40-20-10-6-11-21-40/h5-38H,1-4H3. The van der Waals surface area contributed by atoms with E-state index in [1.807, 2.05) is 0 Å². The molecular formula is C62H46. The zero-order valence-electron chi connectivity index (χ0n) is 35.6. The molecule has 0 amide bonds. The molecule has 0 spiro atoms. The summed E-state index contributed by atoms with van der Waals surface area (Å²) in [4.78, 5) is 0. The van der Waals surface area contributed by atoms with E-state index in [0.29, 0.717) is 0 Å².